The Hall–Kier alpha value is -1.06. The molecule has 17 heavy (non-hydrogen) atoms. The molecule has 0 spiro atoms. The van der Waals surface area contributed by atoms with E-state index in [9.17, 15) is 0 Å². The topological polar surface area (TPSA) is 41.5 Å². The van der Waals surface area contributed by atoms with Crippen LogP contribution < -0.4 is 10.1 Å². The summed E-state index contributed by atoms with van der Waals surface area (Å²) in [7, 11) is 0. The van der Waals surface area contributed by atoms with Crippen LogP contribution in [0.5, 0.6) is 5.75 Å². The fourth-order valence-corrected chi connectivity index (χ4v) is 1.32. The summed E-state index contributed by atoms with van der Waals surface area (Å²) in [5.74, 6) is 0.914. The normalized spacial score (nSPS) is 11.5. The molecule has 0 unspecified atom stereocenters. The van der Waals surface area contributed by atoms with Gasteiger partial charge in [0.05, 0.1) is 13.2 Å². The van der Waals surface area contributed by atoms with Crippen LogP contribution in [0.15, 0.2) is 24.3 Å². The number of hydrogen-bond acceptors (Lipinski definition) is 3. The van der Waals surface area contributed by atoms with Crippen molar-refractivity contribution in [1.82, 2.24) is 5.32 Å². The maximum atomic E-state index is 9.13. The number of rotatable bonds is 7. The lowest BCUT2D eigenvalue weighted by atomic mass is 10.1. The van der Waals surface area contributed by atoms with Crippen LogP contribution in [0, 0.1) is 0 Å². The van der Waals surface area contributed by atoms with E-state index < -0.39 is 0 Å². The lowest BCUT2D eigenvalue weighted by Crippen LogP contribution is -2.42. The van der Waals surface area contributed by atoms with Gasteiger partial charge >= 0.3 is 0 Å². The van der Waals surface area contributed by atoms with Gasteiger partial charge in [-0.3, -0.25) is 0 Å². The maximum Gasteiger partial charge on any atom is 0.119 e. The molecule has 96 valence electrons. The monoisotopic (exact) mass is 237 g/mol. The molecule has 3 nitrogen and oxygen atoms in total. The summed E-state index contributed by atoms with van der Waals surface area (Å²) in [5.41, 5.74) is 0.951. The molecule has 0 aromatic heterocycles. The third kappa shape index (κ3) is 5.20. The van der Waals surface area contributed by atoms with Crippen LogP contribution in [0.25, 0.3) is 0 Å². The highest BCUT2D eigenvalue weighted by atomic mass is 16.5. The SMILES string of the molecule is CCCOc1ccc(CNC(C)(C)CO)cc1. The van der Waals surface area contributed by atoms with Gasteiger partial charge in [0, 0.05) is 12.1 Å². The molecule has 0 fully saturated rings. The molecule has 1 aromatic rings. The zero-order valence-electron chi connectivity index (χ0n) is 11.0. The van der Waals surface area contributed by atoms with Crippen LogP contribution in [0.1, 0.15) is 32.8 Å². The minimum absolute atomic E-state index is 0.130. The first-order chi connectivity index (χ1) is 8.07. The van der Waals surface area contributed by atoms with E-state index in [1.807, 2.05) is 38.1 Å². The van der Waals surface area contributed by atoms with Gasteiger partial charge in [0.15, 0.2) is 0 Å². The van der Waals surface area contributed by atoms with Gasteiger partial charge in [0.2, 0.25) is 0 Å². The molecule has 2 N–H and O–H groups in total. The summed E-state index contributed by atoms with van der Waals surface area (Å²) in [6.45, 7) is 7.69. The van der Waals surface area contributed by atoms with E-state index in [1.54, 1.807) is 0 Å². The average Bonchev–Trinajstić information content (AvgIpc) is 2.35. The Morgan fingerprint density at radius 2 is 1.88 bits per heavy atom. The van der Waals surface area contributed by atoms with Gasteiger partial charge in [-0.05, 0) is 38.0 Å². The van der Waals surface area contributed by atoms with E-state index in [0.717, 1.165) is 25.3 Å². The van der Waals surface area contributed by atoms with Crippen molar-refractivity contribution < 1.29 is 9.84 Å². The Kier molecular flexibility index (Phi) is 5.45. The lowest BCUT2D eigenvalue weighted by molar-refractivity contribution is 0.187. The Labute approximate surface area is 104 Å². The third-order valence-electron chi connectivity index (χ3n) is 2.56. The Bertz CT molecular complexity index is 319. The number of benzene rings is 1. The highest BCUT2D eigenvalue weighted by Crippen LogP contribution is 2.13. The molecule has 0 bridgehead atoms. The van der Waals surface area contributed by atoms with Gasteiger partial charge in [0.1, 0.15) is 5.75 Å². The highest BCUT2D eigenvalue weighted by Gasteiger charge is 2.14. The second kappa shape index (κ2) is 6.62. The fourth-order valence-electron chi connectivity index (χ4n) is 1.32. The van der Waals surface area contributed by atoms with Gasteiger partial charge in [-0.2, -0.15) is 0 Å². The van der Waals surface area contributed by atoms with Crippen molar-refractivity contribution in [2.45, 2.75) is 39.3 Å². The smallest absolute Gasteiger partial charge is 0.119 e. The Morgan fingerprint density at radius 1 is 1.24 bits per heavy atom. The van der Waals surface area contributed by atoms with Gasteiger partial charge < -0.3 is 15.2 Å². The van der Waals surface area contributed by atoms with E-state index in [2.05, 4.69) is 12.2 Å². The molecule has 0 radical (unpaired) electrons. The van der Waals surface area contributed by atoms with Crippen molar-refractivity contribution in [3.63, 3.8) is 0 Å². The third-order valence-corrected chi connectivity index (χ3v) is 2.56. The largest absolute Gasteiger partial charge is 0.494 e. The first-order valence-electron chi connectivity index (χ1n) is 6.15. The van der Waals surface area contributed by atoms with E-state index in [1.165, 1.54) is 5.56 Å². The Morgan fingerprint density at radius 3 is 2.41 bits per heavy atom. The molecular weight excluding hydrogens is 214 g/mol. The van der Waals surface area contributed by atoms with Crippen LogP contribution >= 0.6 is 0 Å². The van der Waals surface area contributed by atoms with Crippen molar-refractivity contribution in [2.75, 3.05) is 13.2 Å². The van der Waals surface area contributed by atoms with Crippen molar-refractivity contribution in [1.29, 1.82) is 0 Å². The molecule has 1 aromatic carbocycles. The van der Waals surface area contributed by atoms with Crippen molar-refractivity contribution in [3.05, 3.63) is 29.8 Å². The zero-order chi connectivity index (χ0) is 12.7. The second-order valence-electron chi connectivity index (χ2n) is 4.89. The molecule has 1 rings (SSSR count). The molecule has 0 saturated heterocycles. The second-order valence-corrected chi connectivity index (χ2v) is 4.89. The molecule has 0 aliphatic heterocycles. The van der Waals surface area contributed by atoms with Gasteiger partial charge in [-0.15, -0.1) is 0 Å². The van der Waals surface area contributed by atoms with Crippen molar-refractivity contribution >= 4 is 0 Å². The summed E-state index contributed by atoms with van der Waals surface area (Å²) >= 11 is 0. The summed E-state index contributed by atoms with van der Waals surface area (Å²) in [6, 6.07) is 8.06. The molecule has 0 saturated carbocycles. The van der Waals surface area contributed by atoms with Gasteiger partial charge in [0.25, 0.3) is 0 Å². The predicted molar refractivity (Wildman–Crippen MR) is 70.2 cm³/mol. The van der Waals surface area contributed by atoms with E-state index >= 15 is 0 Å². The average molecular weight is 237 g/mol. The molecular formula is C14H23NO2. The molecule has 3 heteroatoms. The van der Waals surface area contributed by atoms with Crippen LogP contribution in [0.4, 0.5) is 0 Å². The van der Waals surface area contributed by atoms with E-state index in [-0.39, 0.29) is 12.1 Å². The number of aliphatic hydroxyl groups is 1. The maximum absolute atomic E-state index is 9.13. The molecule has 0 aliphatic rings. The highest BCUT2D eigenvalue weighted by molar-refractivity contribution is 5.27. The fraction of sp³-hybridized carbons (Fsp3) is 0.571. The minimum Gasteiger partial charge on any atom is -0.494 e. The summed E-state index contributed by atoms with van der Waals surface area (Å²) in [5, 5.41) is 12.4. The zero-order valence-corrected chi connectivity index (χ0v) is 11.0. The first kappa shape index (κ1) is 14.0. The van der Waals surface area contributed by atoms with Crippen LogP contribution in [0.2, 0.25) is 0 Å². The lowest BCUT2D eigenvalue weighted by Gasteiger charge is -2.23. The van der Waals surface area contributed by atoms with Crippen molar-refractivity contribution in [2.24, 2.45) is 0 Å². The number of ether oxygens (including phenoxy) is 1. The molecule has 0 aliphatic carbocycles. The van der Waals surface area contributed by atoms with E-state index in [0.29, 0.717) is 0 Å². The molecule has 0 heterocycles. The predicted octanol–water partition coefficient (Wildman–Crippen LogP) is 2.34. The summed E-state index contributed by atoms with van der Waals surface area (Å²) in [6.07, 6.45) is 1.02. The Balaban J connectivity index is 2.45. The van der Waals surface area contributed by atoms with Crippen LogP contribution in [-0.2, 0) is 6.54 Å². The number of nitrogens with one attached hydrogen (secondary N) is 1. The standard InChI is InChI=1S/C14H23NO2/c1-4-9-17-13-7-5-12(6-8-13)10-15-14(2,3)11-16/h5-8,15-16H,4,9-11H2,1-3H3. The quantitative estimate of drug-likeness (QED) is 0.765. The molecule has 0 amide bonds. The summed E-state index contributed by atoms with van der Waals surface area (Å²) in [4.78, 5) is 0. The first-order valence-corrected chi connectivity index (χ1v) is 6.15. The van der Waals surface area contributed by atoms with Gasteiger partial charge in [-0.25, -0.2) is 0 Å². The number of hydrogen-bond donors (Lipinski definition) is 2. The summed E-state index contributed by atoms with van der Waals surface area (Å²) < 4.78 is 5.52. The number of aliphatic hydroxyl groups excluding tert-OH is 1. The van der Waals surface area contributed by atoms with Crippen molar-refractivity contribution in [3.8, 4) is 5.75 Å². The minimum atomic E-state index is -0.239. The molecule has 0 atom stereocenters. The van der Waals surface area contributed by atoms with E-state index in [4.69, 9.17) is 9.84 Å². The van der Waals surface area contributed by atoms with Crippen LogP contribution in [-0.4, -0.2) is 23.9 Å². The van der Waals surface area contributed by atoms with Gasteiger partial charge in [-0.1, -0.05) is 19.1 Å². The van der Waals surface area contributed by atoms with Crippen LogP contribution in [0.3, 0.4) is 0 Å².